The molecule has 1 unspecified atom stereocenters. The Labute approximate surface area is 163 Å². The highest BCUT2D eigenvalue weighted by atomic mass is 79.9. The van der Waals surface area contributed by atoms with Crippen LogP contribution in [-0.2, 0) is 9.53 Å². The Morgan fingerprint density at radius 1 is 1.23 bits per heavy atom. The van der Waals surface area contributed by atoms with Gasteiger partial charge in [0.15, 0.2) is 6.61 Å². The van der Waals surface area contributed by atoms with Gasteiger partial charge in [-0.15, -0.1) is 0 Å². The van der Waals surface area contributed by atoms with E-state index < -0.39 is 23.9 Å². The number of imide groups is 1. The SMILES string of the molecule is O=C(NC(CN1C(=O)COC1=O)c1ccccc1)c1cc(Br)ccc1Cl. The van der Waals surface area contributed by atoms with E-state index in [2.05, 4.69) is 21.2 Å². The minimum Gasteiger partial charge on any atom is -0.439 e. The standard InChI is InChI=1S/C18H14BrClN2O4/c19-12-6-7-14(20)13(8-12)17(24)21-15(11-4-2-1-3-5-11)9-22-16(23)10-26-18(22)25/h1-8,15H,9-10H2,(H,21,24). The summed E-state index contributed by atoms with van der Waals surface area (Å²) in [5, 5.41) is 3.14. The molecule has 3 rings (SSSR count). The minimum absolute atomic E-state index is 0.0287. The van der Waals surface area contributed by atoms with Crippen molar-refractivity contribution in [3.63, 3.8) is 0 Å². The van der Waals surface area contributed by atoms with Crippen molar-refractivity contribution in [3.8, 4) is 0 Å². The number of carbonyl (C=O) groups is 3. The van der Waals surface area contributed by atoms with Crippen LogP contribution in [0.2, 0.25) is 5.02 Å². The zero-order valence-corrected chi connectivity index (χ0v) is 15.8. The summed E-state index contributed by atoms with van der Waals surface area (Å²) < 4.78 is 5.45. The molecule has 2 aromatic rings. The molecule has 8 heteroatoms. The first kappa shape index (κ1) is 18.4. The third kappa shape index (κ3) is 4.05. The van der Waals surface area contributed by atoms with Gasteiger partial charge in [-0.25, -0.2) is 9.69 Å². The zero-order chi connectivity index (χ0) is 18.7. The Bertz CT molecular complexity index is 844. The fraction of sp³-hybridized carbons (Fsp3) is 0.167. The Morgan fingerprint density at radius 2 is 1.96 bits per heavy atom. The van der Waals surface area contributed by atoms with E-state index in [1.807, 2.05) is 18.2 Å². The summed E-state index contributed by atoms with van der Waals surface area (Å²) in [6.45, 7) is -0.315. The second-order valence-electron chi connectivity index (χ2n) is 5.62. The van der Waals surface area contributed by atoms with Gasteiger partial charge in [0, 0.05) is 4.47 Å². The van der Waals surface area contributed by atoms with Crippen LogP contribution in [0.4, 0.5) is 4.79 Å². The highest BCUT2D eigenvalue weighted by Crippen LogP contribution is 2.23. The van der Waals surface area contributed by atoms with Gasteiger partial charge in [0.05, 0.1) is 23.2 Å². The molecule has 1 heterocycles. The molecule has 0 saturated carbocycles. The van der Waals surface area contributed by atoms with Crippen molar-refractivity contribution in [2.75, 3.05) is 13.2 Å². The molecule has 1 saturated heterocycles. The van der Waals surface area contributed by atoms with E-state index in [1.165, 1.54) is 0 Å². The van der Waals surface area contributed by atoms with E-state index in [9.17, 15) is 14.4 Å². The summed E-state index contributed by atoms with van der Waals surface area (Å²) >= 11 is 9.43. The van der Waals surface area contributed by atoms with Crippen molar-refractivity contribution >= 4 is 45.4 Å². The van der Waals surface area contributed by atoms with Crippen LogP contribution < -0.4 is 5.32 Å². The highest BCUT2D eigenvalue weighted by Gasteiger charge is 2.34. The molecular weight excluding hydrogens is 424 g/mol. The maximum absolute atomic E-state index is 12.7. The van der Waals surface area contributed by atoms with Gasteiger partial charge in [0.1, 0.15) is 0 Å². The molecule has 1 atom stereocenters. The van der Waals surface area contributed by atoms with Gasteiger partial charge in [-0.05, 0) is 23.8 Å². The van der Waals surface area contributed by atoms with Gasteiger partial charge in [0.2, 0.25) is 0 Å². The molecule has 0 aromatic heterocycles. The Morgan fingerprint density at radius 3 is 2.62 bits per heavy atom. The normalized spacial score (nSPS) is 14.9. The molecule has 1 fully saturated rings. The average molecular weight is 438 g/mol. The van der Waals surface area contributed by atoms with Crippen LogP contribution in [0.3, 0.4) is 0 Å². The van der Waals surface area contributed by atoms with Crippen molar-refractivity contribution in [2.45, 2.75) is 6.04 Å². The Balaban J connectivity index is 1.86. The van der Waals surface area contributed by atoms with Gasteiger partial charge in [0.25, 0.3) is 11.8 Å². The number of nitrogens with zero attached hydrogens (tertiary/aromatic N) is 1. The van der Waals surface area contributed by atoms with E-state index in [4.69, 9.17) is 16.3 Å². The third-order valence-corrected chi connectivity index (χ3v) is 4.71. The van der Waals surface area contributed by atoms with Crippen molar-refractivity contribution in [1.29, 1.82) is 0 Å². The average Bonchev–Trinajstić information content (AvgIpc) is 2.95. The summed E-state index contributed by atoms with van der Waals surface area (Å²) in [4.78, 5) is 37.3. The topological polar surface area (TPSA) is 75.7 Å². The molecule has 1 N–H and O–H groups in total. The van der Waals surface area contributed by atoms with Crippen LogP contribution >= 0.6 is 27.5 Å². The maximum atomic E-state index is 12.7. The van der Waals surface area contributed by atoms with Crippen molar-refractivity contribution < 1.29 is 19.1 Å². The van der Waals surface area contributed by atoms with Gasteiger partial charge < -0.3 is 10.1 Å². The summed E-state index contributed by atoms with van der Waals surface area (Å²) in [7, 11) is 0. The second kappa shape index (κ2) is 7.88. The van der Waals surface area contributed by atoms with E-state index >= 15 is 0 Å². The lowest BCUT2D eigenvalue weighted by molar-refractivity contribution is -0.126. The molecule has 0 bridgehead atoms. The number of halogens is 2. The lowest BCUT2D eigenvalue weighted by Gasteiger charge is -2.23. The van der Waals surface area contributed by atoms with Crippen LogP contribution in [-0.4, -0.2) is 36.0 Å². The number of hydrogen-bond donors (Lipinski definition) is 1. The summed E-state index contributed by atoms with van der Waals surface area (Å²) in [5.41, 5.74) is 1.04. The minimum atomic E-state index is -0.717. The van der Waals surface area contributed by atoms with Gasteiger partial charge >= 0.3 is 6.09 Å². The number of carbonyl (C=O) groups excluding carboxylic acids is 3. The van der Waals surface area contributed by atoms with Crippen LogP contribution in [0.25, 0.3) is 0 Å². The first-order valence-corrected chi connectivity index (χ1v) is 8.91. The van der Waals surface area contributed by atoms with E-state index in [0.29, 0.717) is 9.50 Å². The fourth-order valence-electron chi connectivity index (χ4n) is 2.57. The largest absolute Gasteiger partial charge is 0.439 e. The molecule has 0 radical (unpaired) electrons. The zero-order valence-electron chi connectivity index (χ0n) is 13.4. The van der Waals surface area contributed by atoms with Gasteiger partial charge in [-0.1, -0.05) is 57.9 Å². The lowest BCUT2D eigenvalue weighted by Crippen LogP contribution is -2.40. The van der Waals surface area contributed by atoms with Crippen molar-refractivity contribution in [2.24, 2.45) is 0 Å². The molecule has 1 aliphatic heterocycles. The van der Waals surface area contributed by atoms with Gasteiger partial charge in [-0.3, -0.25) is 9.59 Å². The summed E-state index contributed by atoms with van der Waals surface area (Å²) in [6, 6.07) is 13.4. The summed E-state index contributed by atoms with van der Waals surface area (Å²) in [5.74, 6) is -0.851. The predicted octanol–water partition coefficient (Wildman–Crippen LogP) is 3.55. The molecule has 0 spiro atoms. The number of benzene rings is 2. The number of amides is 3. The molecule has 0 aliphatic carbocycles. The molecule has 1 aliphatic rings. The second-order valence-corrected chi connectivity index (χ2v) is 6.94. The molecule has 2 aromatic carbocycles. The maximum Gasteiger partial charge on any atom is 0.417 e. The number of hydrogen-bond acceptors (Lipinski definition) is 4. The quantitative estimate of drug-likeness (QED) is 0.776. The van der Waals surface area contributed by atoms with Crippen LogP contribution in [0, 0.1) is 0 Å². The summed E-state index contributed by atoms with van der Waals surface area (Å²) in [6.07, 6.45) is -0.717. The highest BCUT2D eigenvalue weighted by molar-refractivity contribution is 9.10. The van der Waals surface area contributed by atoms with E-state index in [0.717, 1.165) is 10.5 Å². The number of nitrogens with one attached hydrogen (secondary N) is 1. The number of rotatable bonds is 5. The molecule has 6 nitrogen and oxygen atoms in total. The van der Waals surface area contributed by atoms with Crippen molar-refractivity contribution in [3.05, 3.63) is 69.2 Å². The van der Waals surface area contributed by atoms with Crippen LogP contribution in [0.5, 0.6) is 0 Å². The fourth-order valence-corrected chi connectivity index (χ4v) is 3.13. The lowest BCUT2D eigenvalue weighted by atomic mass is 10.1. The monoisotopic (exact) mass is 436 g/mol. The Kier molecular flexibility index (Phi) is 5.58. The third-order valence-electron chi connectivity index (χ3n) is 3.89. The van der Waals surface area contributed by atoms with E-state index in [1.54, 1.807) is 30.3 Å². The number of cyclic esters (lactones) is 1. The predicted molar refractivity (Wildman–Crippen MR) is 98.9 cm³/mol. The first-order valence-electron chi connectivity index (χ1n) is 7.73. The van der Waals surface area contributed by atoms with Crippen molar-refractivity contribution in [1.82, 2.24) is 10.2 Å². The molecule has 3 amide bonds. The molecule has 26 heavy (non-hydrogen) atoms. The molecule has 134 valence electrons. The van der Waals surface area contributed by atoms with E-state index in [-0.39, 0.29) is 18.7 Å². The molecular formula is C18H14BrClN2O4. The van der Waals surface area contributed by atoms with Crippen LogP contribution in [0.15, 0.2) is 53.0 Å². The van der Waals surface area contributed by atoms with Crippen LogP contribution in [0.1, 0.15) is 22.0 Å². The van der Waals surface area contributed by atoms with Gasteiger partial charge in [-0.2, -0.15) is 0 Å². The Hall–Kier alpha value is -2.38. The smallest absolute Gasteiger partial charge is 0.417 e. The first-order chi connectivity index (χ1) is 12.5. The number of ether oxygens (including phenoxy) is 1.